The smallest absolute Gasteiger partial charge is 0.0724 e. The summed E-state index contributed by atoms with van der Waals surface area (Å²) >= 11 is 0. The van der Waals surface area contributed by atoms with Crippen LogP contribution in [0.15, 0.2) is 18.6 Å². The van der Waals surface area contributed by atoms with E-state index < -0.39 is 0 Å². The van der Waals surface area contributed by atoms with Crippen molar-refractivity contribution in [3.8, 4) is 0 Å². The molecule has 2 N–H and O–H groups in total. The van der Waals surface area contributed by atoms with Crippen LogP contribution in [0.2, 0.25) is 0 Å². The van der Waals surface area contributed by atoms with Crippen LogP contribution < -0.4 is 10.6 Å². The molecule has 1 aromatic heterocycles. The van der Waals surface area contributed by atoms with Crippen molar-refractivity contribution in [2.75, 3.05) is 13.6 Å². The quantitative estimate of drug-likeness (QED) is 0.678. The van der Waals surface area contributed by atoms with E-state index in [0.29, 0.717) is 6.04 Å². The average Bonchev–Trinajstić information content (AvgIpc) is 2.17. The molecule has 0 amide bonds. The Balaban J connectivity index is 2.27. The summed E-state index contributed by atoms with van der Waals surface area (Å²) in [7, 11) is 1.94. The van der Waals surface area contributed by atoms with Gasteiger partial charge in [0.15, 0.2) is 0 Å². The molecule has 1 heterocycles. The number of aromatic nitrogens is 2. The van der Waals surface area contributed by atoms with Gasteiger partial charge in [-0.15, -0.1) is 0 Å². The molecule has 4 nitrogen and oxygen atoms in total. The largest absolute Gasteiger partial charge is 0.318 e. The van der Waals surface area contributed by atoms with Crippen molar-refractivity contribution in [1.82, 2.24) is 20.6 Å². The van der Waals surface area contributed by atoms with Crippen LogP contribution in [0.25, 0.3) is 0 Å². The maximum atomic E-state index is 4.17. The number of rotatable bonds is 5. The number of nitrogens with one attached hydrogen (secondary N) is 2. The van der Waals surface area contributed by atoms with Gasteiger partial charge in [-0.2, -0.15) is 0 Å². The molecule has 1 atom stereocenters. The summed E-state index contributed by atoms with van der Waals surface area (Å²) in [6.45, 7) is 3.86. The molecule has 4 heteroatoms. The number of hydrogen-bond donors (Lipinski definition) is 2. The summed E-state index contributed by atoms with van der Waals surface area (Å²) in [5.74, 6) is 0. The highest BCUT2D eigenvalue weighted by atomic mass is 15.0. The van der Waals surface area contributed by atoms with Crippen LogP contribution in [-0.4, -0.2) is 29.6 Å². The lowest BCUT2D eigenvalue weighted by Gasteiger charge is -2.11. The minimum absolute atomic E-state index is 0.451. The number of nitrogens with zero attached hydrogens (tertiary/aromatic N) is 2. The molecule has 0 saturated carbocycles. The second kappa shape index (κ2) is 5.61. The first-order valence-electron chi connectivity index (χ1n) is 4.46. The van der Waals surface area contributed by atoms with E-state index in [1.807, 2.05) is 7.05 Å². The fourth-order valence-corrected chi connectivity index (χ4v) is 1.08. The van der Waals surface area contributed by atoms with Crippen molar-refractivity contribution >= 4 is 0 Å². The van der Waals surface area contributed by atoms with E-state index in [1.165, 1.54) is 0 Å². The fraction of sp³-hybridized carbons (Fsp3) is 0.556. The molecular weight excluding hydrogens is 164 g/mol. The first-order valence-corrected chi connectivity index (χ1v) is 4.46. The Morgan fingerprint density at radius 3 is 2.92 bits per heavy atom. The van der Waals surface area contributed by atoms with Crippen LogP contribution in [0.1, 0.15) is 12.6 Å². The van der Waals surface area contributed by atoms with Crippen molar-refractivity contribution in [2.24, 2.45) is 0 Å². The average molecular weight is 180 g/mol. The first-order chi connectivity index (χ1) is 6.33. The molecule has 0 aliphatic heterocycles. The summed E-state index contributed by atoms with van der Waals surface area (Å²) in [4.78, 5) is 8.16. The van der Waals surface area contributed by atoms with Crippen LogP contribution in [0.3, 0.4) is 0 Å². The Hall–Kier alpha value is -1.00. The predicted octanol–water partition coefficient (Wildman–Crippen LogP) is 0.174. The fourth-order valence-electron chi connectivity index (χ4n) is 1.08. The van der Waals surface area contributed by atoms with Crippen LogP contribution in [0, 0.1) is 0 Å². The second-order valence-corrected chi connectivity index (χ2v) is 3.04. The minimum Gasteiger partial charge on any atom is -0.318 e. The highest BCUT2D eigenvalue weighted by Gasteiger charge is 1.99. The molecule has 1 aromatic rings. The highest BCUT2D eigenvalue weighted by molar-refractivity contribution is 4.94. The van der Waals surface area contributed by atoms with Crippen LogP contribution in [0.4, 0.5) is 0 Å². The van der Waals surface area contributed by atoms with Gasteiger partial charge in [0.2, 0.25) is 0 Å². The third kappa shape index (κ3) is 3.96. The molecule has 0 bridgehead atoms. The Morgan fingerprint density at radius 2 is 2.31 bits per heavy atom. The van der Waals surface area contributed by atoms with E-state index >= 15 is 0 Å². The molecule has 0 aromatic carbocycles. The van der Waals surface area contributed by atoms with Gasteiger partial charge in [0.05, 0.1) is 5.69 Å². The molecule has 72 valence electrons. The summed E-state index contributed by atoms with van der Waals surface area (Å²) in [5.41, 5.74) is 0.977. The summed E-state index contributed by atoms with van der Waals surface area (Å²) in [6.07, 6.45) is 5.17. The van der Waals surface area contributed by atoms with Gasteiger partial charge in [0, 0.05) is 37.7 Å². The van der Waals surface area contributed by atoms with Gasteiger partial charge in [-0.1, -0.05) is 0 Å². The van der Waals surface area contributed by atoms with E-state index in [9.17, 15) is 0 Å². The van der Waals surface area contributed by atoms with Gasteiger partial charge in [-0.05, 0) is 14.0 Å². The first kappa shape index (κ1) is 10.1. The lowest BCUT2D eigenvalue weighted by atomic mass is 10.3. The Labute approximate surface area is 78.8 Å². The summed E-state index contributed by atoms with van der Waals surface area (Å²) < 4.78 is 0. The molecule has 0 aliphatic rings. The number of hydrogen-bond acceptors (Lipinski definition) is 4. The zero-order chi connectivity index (χ0) is 9.52. The summed E-state index contributed by atoms with van der Waals surface area (Å²) in [6, 6.07) is 0.451. The molecule has 0 aliphatic carbocycles. The zero-order valence-corrected chi connectivity index (χ0v) is 8.12. The van der Waals surface area contributed by atoms with Crippen LogP contribution in [0.5, 0.6) is 0 Å². The van der Waals surface area contributed by atoms with E-state index in [-0.39, 0.29) is 0 Å². The SMILES string of the molecule is CNCC(C)NCc1cnccn1. The van der Waals surface area contributed by atoms with Crippen molar-refractivity contribution in [2.45, 2.75) is 19.5 Å². The van der Waals surface area contributed by atoms with Gasteiger partial charge >= 0.3 is 0 Å². The molecular formula is C9H16N4. The van der Waals surface area contributed by atoms with Gasteiger partial charge < -0.3 is 10.6 Å². The van der Waals surface area contributed by atoms with E-state index in [4.69, 9.17) is 0 Å². The van der Waals surface area contributed by atoms with E-state index in [2.05, 4.69) is 27.5 Å². The zero-order valence-electron chi connectivity index (χ0n) is 8.12. The lowest BCUT2D eigenvalue weighted by molar-refractivity contribution is 0.518. The molecule has 0 fully saturated rings. The summed E-state index contributed by atoms with van der Waals surface area (Å²) in [5, 5.41) is 6.44. The molecule has 1 rings (SSSR count). The van der Waals surface area contributed by atoms with E-state index in [1.54, 1.807) is 18.6 Å². The normalized spacial score (nSPS) is 12.8. The molecule has 0 radical (unpaired) electrons. The van der Waals surface area contributed by atoms with Crippen molar-refractivity contribution in [3.05, 3.63) is 24.3 Å². The van der Waals surface area contributed by atoms with Gasteiger partial charge in [0.25, 0.3) is 0 Å². The topological polar surface area (TPSA) is 49.8 Å². The molecule has 1 unspecified atom stereocenters. The van der Waals surface area contributed by atoms with E-state index in [0.717, 1.165) is 18.8 Å². The predicted molar refractivity (Wildman–Crippen MR) is 52.3 cm³/mol. The maximum absolute atomic E-state index is 4.17. The third-order valence-electron chi connectivity index (χ3n) is 1.76. The van der Waals surface area contributed by atoms with Crippen molar-refractivity contribution < 1.29 is 0 Å². The Morgan fingerprint density at radius 1 is 1.46 bits per heavy atom. The molecule has 0 spiro atoms. The molecule has 0 saturated heterocycles. The van der Waals surface area contributed by atoms with Crippen LogP contribution in [-0.2, 0) is 6.54 Å². The van der Waals surface area contributed by atoms with Crippen molar-refractivity contribution in [1.29, 1.82) is 0 Å². The maximum Gasteiger partial charge on any atom is 0.0724 e. The van der Waals surface area contributed by atoms with Gasteiger partial charge in [-0.25, -0.2) is 0 Å². The molecule has 13 heavy (non-hydrogen) atoms. The third-order valence-corrected chi connectivity index (χ3v) is 1.76. The second-order valence-electron chi connectivity index (χ2n) is 3.04. The van der Waals surface area contributed by atoms with Crippen LogP contribution >= 0.6 is 0 Å². The van der Waals surface area contributed by atoms with Crippen molar-refractivity contribution in [3.63, 3.8) is 0 Å². The lowest BCUT2D eigenvalue weighted by Crippen LogP contribution is -2.34. The Kier molecular flexibility index (Phi) is 4.35. The monoisotopic (exact) mass is 180 g/mol. The standard InChI is InChI=1S/C9H16N4/c1-8(5-10-2)13-7-9-6-11-3-4-12-9/h3-4,6,8,10,13H,5,7H2,1-2H3. The van der Waals surface area contributed by atoms with Gasteiger partial charge in [0.1, 0.15) is 0 Å². The Bertz CT molecular complexity index is 224. The van der Waals surface area contributed by atoms with Gasteiger partial charge in [-0.3, -0.25) is 9.97 Å². The highest BCUT2D eigenvalue weighted by Crippen LogP contribution is 1.90. The number of likely N-dealkylation sites (N-methyl/N-ethyl adjacent to an activating group) is 1. The minimum atomic E-state index is 0.451.